The molecule has 1 aromatic carbocycles. The monoisotopic (exact) mass is 313 g/mol. The summed E-state index contributed by atoms with van der Waals surface area (Å²) in [5.41, 5.74) is 9.49. The molecule has 0 aliphatic heterocycles. The lowest BCUT2D eigenvalue weighted by Crippen LogP contribution is -2.09. The van der Waals surface area contributed by atoms with Gasteiger partial charge in [0.2, 0.25) is 0 Å². The molecule has 0 bridgehead atoms. The summed E-state index contributed by atoms with van der Waals surface area (Å²) in [7, 11) is 0. The fourth-order valence-corrected chi connectivity index (χ4v) is 2.19. The molecular weight excluding hydrogens is 298 g/mol. The molecule has 118 valence electrons. The Morgan fingerprint density at radius 1 is 1.04 bits per heavy atom. The lowest BCUT2D eigenvalue weighted by atomic mass is 10.2. The highest BCUT2D eigenvalue weighted by molar-refractivity contribution is 6.27. The highest BCUT2D eigenvalue weighted by Gasteiger charge is 2.11. The number of carboxylic acids is 2. The largest absolute Gasteiger partial charge is 0.473 e. The minimum atomic E-state index is -1.82. The fraction of sp³-hybridized carbons (Fsp3) is 0.0625. The Hall–Kier alpha value is -3.35. The van der Waals surface area contributed by atoms with Crippen LogP contribution in [0.1, 0.15) is 5.56 Å². The summed E-state index contributed by atoms with van der Waals surface area (Å²) in [5.74, 6) is -2.86. The van der Waals surface area contributed by atoms with Crippen LogP contribution in [0.3, 0.4) is 0 Å². The lowest BCUT2D eigenvalue weighted by Gasteiger charge is -2.07. The molecule has 7 heteroatoms. The van der Waals surface area contributed by atoms with E-state index < -0.39 is 11.9 Å². The normalized spacial score (nSPS) is 9.96. The summed E-state index contributed by atoms with van der Waals surface area (Å²) in [6.45, 7) is 2.05. The number of aryl methyl sites for hydroxylation is 1. The van der Waals surface area contributed by atoms with Gasteiger partial charge >= 0.3 is 11.9 Å². The average Bonchev–Trinajstić information content (AvgIpc) is 2.81. The van der Waals surface area contributed by atoms with E-state index in [4.69, 9.17) is 25.5 Å². The first kappa shape index (κ1) is 16.0. The second kappa shape index (κ2) is 6.61. The average molecular weight is 313 g/mol. The van der Waals surface area contributed by atoms with Crippen molar-refractivity contribution in [2.75, 3.05) is 5.73 Å². The van der Waals surface area contributed by atoms with Gasteiger partial charge in [-0.05, 0) is 30.7 Å². The van der Waals surface area contributed by atoms with Crippen LogP contribution < -0.4 is 5.73 Å². The quantitative estimate of drug-likeness (QED) is 0.592. The number of nitrogens with zero attached hydrogens (tertiary/aromatic N) is 2. The number of fused-ring (bicyclic) bond motifs is 1. The van der Waals surface area contributed by atoms with E-state index >= 15 is 0 Å². The molecule has 3 rings (SSSR count). The van der Waals surface area contributed by atoms with Crippen LogP contribution >= 0.6 is 0 Å². The van der Waals surface area contributed by atoms with Crippen molar-refractivity contribution < 1.29 is 19.8 Å². The van der Waals surface area contributed by atoms with Gasteiger partial charge in [-0.15, -0.1) is 0 Å². The van der Waals surface area contributed by atoms with Gasteiger partial charge in [0.1, 0.15) is 5.82 Å². The third kappa shape index (κ3) is 3.29. The number of hydrogen-bond donors (Lipinski definition) is 3. The smallest absolute Gasteiger partial charge is 0.414 e. The molecule has 0 saturated heterocycles. The van der Waals surface area contributed by atoms with Gasteiger partial charge in [-0.1, -0.05) is 18.2 Å². The SMILES string of the molecule is Cc1c(N)n(-c2ccncc2)c2ccccc12.O=C(O)C(=O)O. The minimum Gasteiger partial charge on any atom is -0.473 e. The van der Waals surface area contributed by atoms with Crippen molar-refractivity contribution in [3.8, 4) is 5.69 Å². The zero-order chi connectivity index (χ0) is 17.0. The Balaban J connectivity index is 0.000000277. The number of hydrogen-bond acceptors (Lipinski definition) is 4. The zero-order valence-electron chi connectivity index (χ0n) is 12.3. The van der Waals surface area contributed by atoms with E-state index in [0.717, 1.165) is 22.6 Å². The van der Waals surface area contributed by atoms with E-state index in [1.807, 2.05) is 24.3 Å². The molecular formula is C16H15N3O4. The summed E-state index contributed by atoms with van der Waals surface area (Å²) in [5, 5.41) is 16.0. The number of benzene rings is 1. The number of carboxylic acid groups (broad SMARTS) is 2. The number of rotatable bonds is 1. The van der Waals surface area contributed by atoms with Crippen LogP contribution in [0.15, 0.2) is 48.8 Å². The van der Waals surface area contributed by atoms with Gasteiger partial charge in [0.05, 0.1) is 11.2 Å². The number of aliphatic carboxylic acids is 2. The summed E-state index contributed by atoms with van der Waals surface area (Å²) < 4.78 is 2.06. The number of aromatic nitrogens is 2. The van der Waals surface area contributed by atoms with Crippen molar-refractivity contribution in [2.45, 2.75) is 6.92 Å². The van der Waals surface area contributed by atoms with Crippen LogP contribution in [-0.4, -0.2) is 31.7 Å². The first-order valence-electron chi connectivity index (χ1n) is 6.65. The van der Waals surface area contributed by atoms with Crippen molar-refractivity contribution in [1.29, 1.82) is 0 Å². The van der Waals surface area contributed by atoms with Crippen LogP contribution in [0.25, 0.3) is 16.6 Å². The Morgan fingerprint density at radius 3 is 2.17 bits per heavy atom. The molecule has 2 heterocycles. The molecule has 0 atom stereocenters. The Labute approximate surface area is 131 Å². The number of nitrogens with two attached hydrogens (primary N) is 1. The van der Waals surface area contributed by atoms with Gasteiger partial charge in [-0.3, -0.25) is 9.55 Å². The molecule has 0 saturated carbocycles. The fourth-order valence-electron chi connectivity index (χ4n) is 2.19. The van der Waals surface area contributed by atoms with Gasteiger partial charge in [-0.2, -0.15) is 0 Å². The van der Waals surface area contributed by atoms with E-state index in [0.29, 0.717) is 0 Å². The maximum absolute atomic E-state index is 9.10. The Bertz CT molecular complexity index is 844. The second-order valence-electron chi connectivity index (χ2n) is 4.68. The summed E-state index contributed by atoms with van der Waals surface area (Å²) in [6.07, 6.45) is 3.55. The predicted octanol–water partition coefficient (Wildman–Crippen LogP) is 2.07. The number of pyridine rings is 1. The number of anilines is 1. The lowest BCUT2D eigenvalue weighted by molar-refractivity contribution is -0.159. The van der Waals surface area contributed by atoms with Crippen molar-refractivity contribution in [2.24, 2.45) is 0 Å². The molecule has 23 heavy (non-hydrogen) atoms. The topological polar surface area (TPSA) is 118 Å². The second-order valence-corrected chi connectivity index (χ2v) is 4.68. The number of carbonyl (C=O) groups is 2. The molecule has 0 spiro atoms. The van der Waals surface area contributed by atoms with E-state index in [1.165, 1.54) is 5.39 Å². The van der Waals surface area contributed by atoms with E-state index in [9.17, 15) is 0 Å². The van der Waals surface area contributed by atoms with Crippen LogP contribution in [0, 0.1) is 6.92 Å². The van der Waals surface area contributed by atoms with Crippen LogP contribution in [0.4, 0.5) is 5.82 Å². The minimum absolute atomic E-state index is 0.789. The number of para-hydroxylation sites is 1. The van der Waals surface area contributed by atoms with E-state index in [2.05, 4.69) is 28.6 Å². The van der Waals surface area contributed by atoms with Crippen LogP contribution in [0.2, 0.25) is 0 Å². The molecule has 0 aliphatic carbocycles. The zero-order valence-corrected chi connectivity index (χ0v) is 12.3. The van der Waals surface area contributed by atoms with E-state index in [1.54, 1.807) is 12.4 Å². The molecule has 0 radical (unpaired) electrons. The highest BCUT2D eigenvalue weighted by Crippen LogP contribution is 2.30. The van der Waals surface area contributed by atoms with Gasteiger partial charge in [0, 0.05) is 17.8 Å². The molecule has 3 aromatic rings. The van der Waals surface area contributed by atoms with Crippen molar-refractivity contribution in [3.05, 3.63) is 54.4 Å². The van der Waals surface area contributed by atoms with Crippen molar-refractivity contribution >= 4 is 28.7 Å². The summed E-state index contributed by atoms with van der Waals surface area (Å²) in [4.78, 5) is 22.2. The van der Waals surface area contributed by atoms with Crippen LogP contribution in [0.5, 0.6) is 0 Å². The third-order valence-electron chi connectivity index (χ3n) is 3.28. The van der Waals surface area contributed by atoms with Gasteiger partial charge in [-0.25, -0.2) is 9.59 Å². The van der Waals surface area contributed by atoms with Crippen LogP contribution in [-0.2, 0) is 9.59 Å². The standard InChI is InChI=1S/C14H13N3.C2H2O4/c1-10-12-4-2-3-5-13(12)17(14(10)15)11-6-8-16-9-7-11;3-1(4)2(5)6/h2-9H,15H2,1H3;(H,3,4)(H,5,6). The van der Waals surface area contributed by atoms with Gasteiger partial charge in [0.25, 0.3) is 0 Å². The highest BCUT2D eigenvalue weighted by atomic mass is 16.4. The van der Waals surface area contributed by atoms with Gasteiger partial charge < -0.3 is 15.9 Å². The molecule has 0 amide bonds. The summed E-state index contributed by atoms with van der Waals surface area (Å²) >= 11 is 0. The van der Waals surface area contributed by atoms with E-state index in [-0.39, 0.29) is 0 Å². The molecule has 0 fully saturated rings. The predicted molar refractivity (Wildman–Crippen MR) is 85.5 cm³/mol. The maximum atomic E-state index is 9.10. The first-order valence-corrected chi connectivity index (χ1v) is 6.65. The molecule has 2 aromatic heterocycles. The molecule has 0 aliphatic rings. The molecule has 7 nitrogen and oxygen atoms in total. The Kier molecular flexibility index (Phi) is 4.61. The number of nitrogen functional groups attached to an aromatic ring is 1. The summed E-state index contributed by atoms with van der Waals surface area (Å²) in [6, 6.07) is 12.2. The third-order valence-corrected chi connectivity index (χ3v) is 3.28. The van der Waals surface area contributed by atoms with Crippen molar-refractivity contribution in [3.63, 3.8) is 0 Å². The first-order chi connectivity index (χ1) is 10.9. The maximum Gasteiger partial charge on any atom is 0.414 e. The molecule has 4 N–H and O–H groups in total. The molecule has 0 unspecified atom stereocenters. The van der Waals surface area contributed by atoms with Gasteiger partial charge in [0.15, 0.2) is 0 Å². The van der Waals surface area contributed by atoms with Crippen molar-refractivity contribution in [1.82, 2.24) is 9.55 Å². The Morgan fingerprint density at radius 2 is 1.61 bits per heavy atom.